The zero-order chi connectivity index (χ0) is 15.4. The van der Waals surface area contributed by atoms with Gasteiger partial charge in [0.15, 0.2) is 0 Å². The lowest BCUT2D eigenvalue weighted by Crippen LogP contribution is -2.41. The highest BCUT2D eigenvalue weighted by atomic mass is 16.6. The lowest BCUT2D eigenvalue weighted by molar-refractivity contribution is 0.0180. The molecule has 1 fully saturated rings. The van der Waals surface area contributed by atoms with Gasteiger partial charge in [-0.25, -0.2) is 4.79 Å². The molecule has 1 saturated heterocycles. The summed E-state index contributed by atoms with van der Waals surface area (Å²) in [5, 5.41) is 0. The smallest absolute Gasteiger partial charge is 0.410 e. The molecule has 1 rings (SSSR count). The predicted molar refractivity (Wildman–Crippen MR) is 83.8 cm³/mol. The van der Waals surface area contributed by atoms with Crippen LogP contribution in [0.2, 0.25) is 0 Å². The Kier molecular flexibility index (Phi) is 5.91. The van der Waals surface area contributed by atoms with Crippen molar-refractivity contribution in [1.82, 2.24) is 4.90 Å². The van der Waals surface area contributed by atoms with Crippen LogP contribution in [0.4, 0.5) is 4.79 Å². The zero-order valence-corrected chi connectivity index (χ0v) is 14.3. The van der Waals surface area contributed by atoms with Crippen LogP contribution in [0.25, 0.3) is 0 Å². The molecule has 0 aromatic rings. The fourth-order valence-electron chi connectivity index (χ4n) is 2.65. The van der Waals surface area contributed by atoms with Gasteiger partial charge < -0.3 is 9.64 Å². The molecular weight excluding hydrogens is 250 g/mol. The summed E-state index contributed by atoms with van der Waals surface area (Å²) in [6, 6.07) is 0. The first-order chi connectivity index (χ1) is 9.07. The van der Waals surface area contributed by atoms with Crippen molar-refractivity contribution in [3.63, 3.8) is 0 Å². The first-order valence-electron chi connectivity index (χ1n) is 8.05. The number of hydrogen-bond donors (Lipinski definition) is 0. The summed E-state index contributed by atoms with van der Waals surface area (Å²) in [5.41, 5.74) is 0.0534. The molecule has 1 amide bonds. The van der Waals surface area contributed by atoms with Crippen molar-refractivity contribution in [3.05, 3.63) is 0 Å². The summed E-state index contributed by atoms with van der Waals surface area (Å²) in [7, 11) is 0. The molecule has 0 N–H and O–H groups in total. The van der Waals surface area contributed by atoms with E-state index in [0.29, 0.717) is 5.41 Å². The summed E-state index contributed by atoms with van der Waals surface area (Å²) in [6.45, 7) is 14.4. The molecule has 0 spiro atoms. The quantitative estimate of drug-likeness (QED) is 0.741. The second kappa shape index (κ2) is 6.82. The lowest BCUT2D eigenvalue weighted by Gasteiger charge is -2.33. The van der Waals surface area contributed by atoms with Gasteiger partial charge in [-0.2, -0.15) is 0 Å². The summed E-state index contributed by atoms with van der Waals surface area (Å²) in [6.07, 6.45) is 6.01. The average Bonchev–Trinajstić information content (AvgIpc) is 2.25. The molecule has 0 atom stereocenters. The van der Waals surface area contributed by atoms with Gasteiger partial charge in [0.05, 0.1) is 0 Å². The van der Waals surface area contributed by atoms with Crippen molar-refractivity contribution in [2.75, 3.05) is 13.1 Å². The predicted octanol–water partition coefficient (Wildman–Crippen LogP) is 4.85. The van der Waals surface area contributed by atoms with Crippen molar-refractivity contribution in [2.45, 2.75) is 79.2 Å². The maximum atomic E-state index is 12.0. The maximum absolute atomic E-state index is 12.0. The van der Waals surface area contributed by atoms with E-state index in [-0.39, 0.29) is 11.7 Å². The molecule has 3 heteroatoms. The molecule has 0 radical (unpaired) electrons. The minimum Gasteiger partial charge on any atom is -0.444 e. The minimum absolute atomic E-state index is 0.148. The van der Waals surface area contributed by atoms with E-state index in [4.69, 9.17) is 4.74 Å². The van der Waals surface area contributed by atoms with Gasteiger partial charge in [-0.3, -0.25) is 0 Å². The Hall–Kier alpha value is -0.730. The Morgan fingerprint density at radius 1 is 1.10 bits per heavy atom. The molecule has 0 saturated carbocycles. The Labute approximate surface area is 125 Å². The van der Waals surface area contributed by atoms with Crippen LogP contribution in [-0.4, -0.2) is 29.7 Å². The Bertz CT molecular complexity index is 304. The van der Waals surface area contributed by atoms with Crippen molar-refractivity contribution in [1.29, 1.82) is 0 Å². The minimum atomic E-state index is -0.388. The molecule has 0 aromatic carbocycles. The van der Waals surface area contributed by atoms with Crippen LogP contribution in [-0.2, 0) is 4.74 Å². The molecule has 1 heterocycles. The summed E-state index contributed by atoms with van der Waals surface area (Å²) in [4.78, 5) is 13.8. The largest absolute Gasteiger partial charge is 0.444 e. The number of hydrogen-bond acceptors (Lipinski definition) is 2. The van der Waals surface area contributed by atoms with Crippen LogP contribution in [0.3, 0.4) is 0 Å². The lowest BCUT2D eigenvalue weighted by atomic mass is 9.85. The second-order valence-electron chi connectivity index (χ2n) is 8.36. The standard InChI is InChI=1S/C17H33NO2/c1-16(2,3)11-7-8-14-9-12-18(13-10-14)15(19)20-17(4,5)6/h14H,7-13H2,1-6H3. The fraction of sp³-hybridized carbons (Fsp3) is 0.941. The molecule has 118 valence electrons. The summed E-state index contributed by atoms with van der Waals surface area (Å²) >= 11 is 0. The number of ether oxygens (including phenoxy) is 1. The van der Waals surface area contributed by atoms with Gasteiger partial charge in [0.1, 0.15) is 5.60 Å². The summed E-state index contributed by atoms with van der Waals surface area (Å²) in [5.74, 6) is 0.788. The molecule has 3 nitrogen and oxygen atoms in total. The van der Waals surface area contributed by atoms with E-state index >= 15 is 0 Å². The van der Waals surface area contributed by atoms with Gasteiger partial charge in [0.2, 0.25) is 0 Å². The third kappa shape index (κ3) is 7.16. The van der Waals surface area contributed by atoms with Crippen molar-refractivity contribution in [2.24, 2.45) is 11.3 Å². The fourth-order valence-corrected chi connectivity index (χ4v) is 2.65. The number of carbonyl (C=O) groups excluding carboxylic acids is 1. The monoisotopic (exact) mass is 283 g/mol. The molecule has 0 aliphatic carbocycles. The topological polar surface area (TPSA) is 29.5 Å². The van der Waals surface area contributed by atoms with Crippen molar-refractivity contribution < 1.29 is 9.53 Å². The summed E-state index contributed by atoms with van der Waals surface area (Å²) < 4.78 is 5.43. The van der Waals surface area contributed by atoms with Gasteiger partial charge in [0, 0.05) is 13.1 Å². The van der Waals surface area contributed by atoms with Crippen molar-refractivity contribution >= 4 is 6.09 Å². The number of likely N-dealkylation sites (tertiary alicyclic amines) is 1. The number of amides is 1. The van der Waals surface area contributed by atoms with E-state index in [0.717, 1.165) is 31.8 Å². The number of rotatable bonds is 3. The van der Waals surface area contributed by atoms with Gasteiger partial charge in [-0.1, -0.05) is 33.6 Å². The Balaban J connectivity index is 2.25. The highest BCUT2D eigenvalue weighted by Gasteiger charge is 2.26. The van der Waals surface area contributed by atoms with Crippen LogP contribution in [0.5, 0.6) is 0 Å². The van der Waals surface area contributed by atoms with Crippen LogP contribution in [0.15, 0.2) is 0 Å². The third-order valence-electron chi connectivity index (χ3n) is 3.81. The van der Waals surface area contributed by atoms with Crippen LogP contribution in [0.1, 0.15) is 73.6 Å². The molecule has 1 aliphatic rings. The molecule has 20 heavy (non-hydrogen) atoms. The zero-order valence-electron chi connectivity index (χ0n) is 14.3. The van der Waals surface area contributed by atoms with E-state index in [1.807, 2.05) is 25.7 Å². The molecular formula is C17H33NO2. The Morgan fingerprint density at radius 2 is 1.65 bits per heavy atom. The van der Waals surface area contributed by atoms with Crippen LogP contribution < -0.4 is 0 Å². The number of carbonyl (C=O) groups is 1. The van der Waals surface area contributed by atoms with Crippen molar-refractivity contribution in [3.8, 4) is 0 Å². The van der Waals surface area contributed by atoms with E-state index in [9.17, 15) is 4.79 Å². The molecule has 0 bridgehead atoms. The van der Waals surface area contributed by atoms with E-state index in [1.165, 1.54) is 19.3 Å². The van der Waals surface area contributed by atoms with Gasteiger partial charge in [-0.05, 0) is 51.4 Å². The molecule has 1 aliphatic heterocycles. The van der Waals surface area contributed by atoms with E-state index in [1.54, 1.807) is 0 Å². The van der Waals surface area contributed by atoms with Gasteiger partial charge in [-0.15, -0.1) is 0 Å². The number of piperidine rings is 1. The maximum Gasteiger partial charge on any atom is 0.410 e. The first-order valence-corrected chi connectivity index (χ1v) is 8.05. The highest BCUT2D eigenvalue weighted by Crippen LogP contribution is 2.28. The normalized spacial score (nSPS) is 18.2. The van der Waals surface area contributed by atoms with Crippen LogP contribution in [0, 0.1) is 11.3 Å². The van der Waals surface area contributed by atoms with Gasteiger partial charge in [0.25, 0.3) is 0 Å². The van der Waals surface area contributed by atoms with E-state index < -0.39 is 0 Å². The SMILES string of the molecule is CC(C)(C)CCCC1CCN(C(=O)OC(C)(C)C)CC1. The average molecular weight is 283 g/mol. The van der Waals surface area contributed by atoms with Crippen LogP contribution >= 0.6 is 0 Å². The third-order valence-corrected chi connectivity index (χ3v) is 3.81. The Morgan fingerprint density at radius 3 is 2.10 bits per heavy atom. The molecule has 0 unspecified atom stereocenters. The number of nitrogens with zero attached hydrogens (tertiary/aromatic N) is 1. The second-order valence-corrected chi connectivity index (χ2v) is 8.36. The van der Waals surface area contributed by atoms with E-state index in [2.05, 4.69) is 20.8 Å². The molecule has 0 aromatic heterocycles. The first kappa shape index (κ1) is 17.3. The van der Waals surface area contributed by atoms with Gasteiger partial charge >= 0.3 is 6.09 Å². The highest BCUT2D eigenvalue weighted by molar-refractivity contribution is 5.68.